The molecule has 1 unspecified atom stereocenters. The summed E-state index contributed by atoms with van der Waals surface area (Å²) in [5.74, 6) is 0. The minimum Gasteiger partial charge on any atom is -0.263 e. The normalized spacial score (nSPS) is 13.0. The lowest BCUT2D eigenvalue weighted by molar-refractivity contribution is 0.937. The Balaban J connectivity index is 1.85. The summed E-state index contributed by atoms with van der Waals surface area (Å²) in [4.78, 5) is 5.18. The molecule has 1 atom stereocenters. The van der Waals surface area contributed by atoms with Crippen molar-refractivity contribution in [1.82, 2.24) is 4.98 Å². The van der Waals surface area contributed by atoms with Gasteiger partial charge in [-0.05, 0) is 35.6 Å². The first-order chi connectivity index (χ1) is 8.74. The van der Waals surface area contributed by atoms with E-state index in [4.69, 9.17) is 23.2 Å². The zero-order chi connectivity index (χ0) is 12.5. The van der Waals surface area contributed by atoms with E-state index < -0.39 is 0 Å². The molecule has 0 aliphatic heterocycles. The summed E-state index contributed by atoms with van der Waals surface area (Å²) >= 11 is 16.1. The molecule has 3 aromatic heterocycles. The average molecular weight is 314 g/mol. The van der Waals surface area contributed by atoms with E-state index in [1.165, 1.54) is 14.3 Å². The third-order valence-corrected chi connectivity index (χ3v) is 5.79. The molecule has 18 heavy (non-hydrogen) atoms. The molecular weight excluding hydrogens is 305 g/mol. The van der Waals surface area contributed by atoms with Gasteiger partial charge < -0.3 is 0 Å². The molecule has 0 fully saturated rings. The van der Waals surface area contributed by atoms with Crippen LogP contribution in [-0.4, -0.2) is 4.98 Å². The number of thiophene rings is 2. The van der Waals surface area contributed by atoms with Gasteiger partial charge >= 0.3 is 0 Å². The predicted octanol–water partition coefficient (Wildman–Crippen LogP) is 5.53. The molecule has 0 spiro atoms. The fraction of sp³-hybridized carbons (Fsp3) is 0.154. The molecule has 3 aromatic rings. The fourth-order valence-electron chi connectivity index (χ4n) is 1.80. The third kappa shape index (κ3) is 2.41. The van der Waals surface area contributed by atoms with Gasteiger partial charge in [-0.2, -0.15) is 0 Å². The van der Waals surface area contributed by atoms with E-state index in [2.05, 4.69) is 22.5 Å². The van der Waals surface area contributed by atoms with Crippen LogP contribution in [0, 0.1) is 0 Å². The molecule has 0 saturated heterocycles. The lowest BCUT2D eigenvalue weighted by Gasteiger charge is -2.08. The second-order valence-corrected chi connectivity index (χ2v) is 6.93. The van der Waals surface area contributed by atoms with Gasteiger partial charge in [0.1, 0.15) is 0 Å². The predicted molar refractivity (Wildman–Crippen MR) is 81.2 cm³/mol. The standard InChI is InChI=1S/C13H9Cl2NS2/c14-9(5-8-1-3-16-7-10(8)15)12-6-13-11(18-12)2-4-17-13/h1-4,6-7,9H,5H2. The van der Waals surface area contributed by atoms with Crippen LogP contribution in [0.1, 0.15) is 15.8 Å². The fourth-order valence-corrected chi connectivity index (χ4v) is 4.46. The molecule has 0 saturated carbocycles. The Kier molecular flexibility index (Phi) is 3.57. The zero-order valence-electron chi connectivity index (χ0n) is 9.27. The Hall–Kier alpha value is -0.610. The highest BCUT2D eigenvalue weighted by molar-refractivity contribution is 7.27. The van der Waals surface area contributed by atoms with E-state index in [1.807, 2.05) is 6.07 Å². The van der Waals surface area contributed by atoms with E-state index in [1.54, 1.807) is 35.1 Å². The number of pyridine rings is 1. The molecule has 0 aromatic carbocycles. The summed E-state index contributed by atoms with van der Waals surface area (Å²) in [5, 5.41) is 2.75. The van der Waals surface area contributed by atoms with Crippen LogP contribution < -0.4 is 0 Å². The van der Waals surface area contributed by atoms with Crippen LogP contribution in [-0.2, 0) is 6.42 Å². The Labute approximate surface area is 123 Å². The zero-order valence-corrected chi connectivity index (χ0v) is 12.4. The number of nitrogens with zero attached hydrogens (tertiary/aromatic N) is 1. The van der Waals surface area contributed by atoms with Crippen LogP contribution in [0.4, 0.5) is 0 Å². The van der Waals surface area contributed by atoms with E-state index >= 15 is 0 Å². The topological polar surface area (TPSA) is 12.9 Å². The van der Waals surface area contributed by atoms with Gasteiger partial charge in [0.15, 0.2) is 0 Å². The van der Waals surface area contributed by atoms with Crippen molar-refractivity contribution in [3.63, 3.8) is 0 Å². The highest BCUT2D eigenvalue weighted by Gasteiger charge is 2.14. The smallest absolute Gasteiger partial charge is 0.0720 e. The van der Waals surface area contributed by atoms with E-state index in [0.717, 1.165) is 12.0 Å². The number of fused-ring (bicyclic) bond motifs is 1. The van der Waals surface area contributed by atoms with Gasteiger partial charge in [-0.1, -0.05) is 11.6 Å². The summed E-state index contributed by atoms with van der Waals surface area (Å²) in [5.41, 5.74) is 1.04. The van der Waals surface area contributed by atoms with Crippen LogP contribution in [0.2, 0.25) is 5.02 Å². The summed E-state index contributed by atoms with van der Waals surface area (Å²) < 4.78 is 2.61. The first-order valence-electron chi connectivity index (χ1n) is 5.43. The number of hydrogen-bond acceptors (Lipinski definition) is 3. The van der Waals surface area contributed by atoms with Crippen molar-refractivity contribution in [1.29, 1.82) is 0 Å². The number of aromatic nitrogens is 1. The van der Waals surface area contributed by atoms with E-state index in [9.17, 15) is 0 Å². The van der Waals surface area contributed by atoms with E-state index in [0.29, 0.717) is 5.02 Å². The molecule has 0 amide bonds. The Morgan fingerprint density at radius 1 is 1.28 bits per heavy atom. The summed E-state index contributed by atoms with van der Waals surface area (Å²) in [6.45, 7) is 0. The van der Waals surface area contributed by atoms with Crippen molar-refractivity contribution >= 4 is 55.3 Å². The third-order valence-electron chi connectivity index (χ3n) is 2.72. The highest BCUT2D eigenvalue weighted by Crippen LogP contribution is 2.37. The summed E-state index contributed by atoms with van der Waals surface area (Å²) in [7, 11) is 0. The van der Waals surface area contributed by atoms with Crippen LogP contribution in [0.15, 0.2) is 36.0 Å². The van der Waals surface area contributed by atoms with Crippen molar-refractivity contribution in [3.05, 3.63) is 51.4 Å². The van der Waals surface area contributed by atoms with Crippen molar-refractivity contribution < 1.29 is 0 Å². The second-order valence-electron chi connectivity index (χ2n) is 3.94. The monoisotopic (exact) mass is 313 g/mol. The Morgan fingerprint density at radius 3 is 2.94 bits per heavy atom. The van der Waals surface area contributed by atoms with Gasteiger partial charge in [0, 0.05) is 26.7 Å². The van der Waals surface area contributed by atoms with Gasteiger partial charge in [-0.25, -0.2) is 0 Å². The summed E-state index contributed by atoms with van der Waals surface area (Å²) in [6.07, 6.45) is 4.14. The lowest BCUT2D eigenvalue weighted by Crippen LogP contribution is -1.94. The maximum Gasteiger partial charge on any atom is 0.0720 e. The summed E-state index contributed by atoms with van der Waals surface area (Å²) in [6, 6.07) is 6.24. The van der Waals surface area contributed by atoms with Gasteiger partial charge in [0.2, 0.25) is 0 Å². The van der Waals surface area contributed by atoms with Crippen LogP contribution in [0.25, 0.3) is 9.40 Å². The maximum atomic E-state index is 6.48. The number of rotatable bonds is 3. The van der Waals surface area contributed by atoms with Crippen molar-refractivity contribution in [2.45, 2.75) is 11.8 Å². The van der Waals surface area contributed by atoms with Gasteiger partial charge in [0.25, 0.3) is 0 Å². The van der Waals surface area contributed by atoms with Crippen molar-refractivity contribution in [3.8, 4) is 0 Å². The SMILES string of the molecule is Clc1cnccc1CC(Cl)c1cc2sccc2s1. The van der Waals surface area contributed by atoms with E-state index in [-0.39, 0.29) is 5.38 Å². The quantitative estimate of drug-likeness (QED) is 0.579. The molecule has 0 aliphatic rings. The molecule has 0 bridgehead atoms. The molecule has 92 valence electrons. The van der Waals surface area contributed by atoms with Crippen LogP contribution >= 0.6 is 45.9 Å². The van der Waals surface area contributed by atoms with Gasteiger partial charge in [-0.3, -0.25) is 4.98 Å². The molecule has 1 nitrogen and oxygen atoms in total. The largest absolute Gasteiger partial charge is 0.263 e. The molecular formula is C13H9Cl2NS2. The Morgan fingerprint density at radius 2 is 2.17 bits per heavy atom. The minimum atomic E-state index is -0.0329. The first kappa shape index (κ1) is 12.4. The van der Waals surface area contributed by atoms with Gasteiger partial charge in [-0.15, -0.1) is 34.3 Å². The first-order valence-corrected chi connectivity index (χ1v) is 7.94. The number of halogens is 2. The molecule has 5 heteroatoms. The molecule has 0 N–H and O–H groups in total. The Bertz CT molecular complexity index is 646. The van der Waals surface area contributed by atoms with Crippen LogP contribution in [0.5, 0.6) is 0 Å². The van der Waals surface area contributed by atoms with Gasteiger partial charge in [0.05, 0.1) is 10.4 Å². The number of hydrogen-bond donors (Lipinski definition) is 0. The molecule has 0 aliphatic carbocycles. The van der Waals surface area contributed by atoms with Crippen LogP contribution in [0.3, 0.4) is 0 Å². The second kappa shape index (κ2) is 5.17. The maximum absolute atomic E-state index is 6.48. The minimum absolute atomic E-state index is 0.0329. The number of alkyl halides is 1. The lowest BCUT2D eigenvalue weighted by atomic mass is 10.1. The molecule has 3 heterocycles. The molecule has 0 radical (unpaired) electrons. The highest BCUT2D eigenvalue weighted by atomic mass is 35.5. The van der Waals surface area contributed by atoms with Crippen molar-refractivity contribution in [2.75, 3.05) is 0 Å². The average Bonchev–Trinajstić information content (AvgIpc) is 2.92. The molecule has 3 rings (SSSR count). The van der Waals surface area contributed by atoms with Crippen molar-refractivity contribution in [2.24, 2.45) is 0 Å².